The Labute approximate surface area is 129 Å². The molecule has 0 unspecified atom stereocenters. The zero-order chi connectivity index (χ0) is 15.4. The monoisotopic (exact) mass is 301 g/mol. The second kappa shape index (κ2) is 6.94. The van der Waals surface area contributed by atoms with E-state index < -0.39 is 0 Å². The van der Waals surface area contributed by atoms with E-state index in [-0.39, 0.29) is 11.9 Å². The largest absolute Gasteiger partial charge is 0.371 e. The quantitative estimate of drug-likeness (QED) is 0.942. The minimum absolute atomic E-state index is 0.0719. The van der Waals surface area contributed by atoms with Crippen molar-refractivity contribution in [2.75, 3.05) is 19.7 Å². The molecule has 1 aliphatic rings. The fourth-order valence-corrected chi connectivity index (χ4v) is 2.51. The van der Waals surface area contributed by atoms with Crippen LogP contribution in [0.15, 0.2) is 30.6 Å². The summed E-state index contributed by atoms with van der Waals surface area (Å²) in [6, 6.07) is 5.30. The fraction of sp³-hybridized carbons (Fsp3) is 0.412. The van der Waals surface area contributed by atoms with Crippen molar-refractivity contribution in [2.45, 2.75) is 25.9 Å². The van der Waals surface area contributed by atoms with E-state index in [1.165, 1.54) is 0 Å². The highest BCUT2D eigenvalue weighted by Crippen LogP contribution is 2.22. The van der Waals surface area contributed by atoms with Crippen LogP contribution in [0.3, 0.4) is 0 Å². The van der Waals surface area contributed by atoms with Crippen LogP contribution in [0.2, 0.25) is 0 Å². The molecule has 1 aromatic heterocycles. The Bertz CT molecular complexity index is 624. The van der Waals surface area contributed by atoms with Gasteiger partial charge in [-0.2, -0.15) is 0 Å². The molecule has 1 atom stereocenters. The van der Waals surface area contributed by atoms with Gasteiger partial charge in [-0.1, -0.05) is 19.1 Å². The normalized spacial score (nSPS) is 18.4. The molecule has 3 rings (SSSR count). The molecule has 1 aliphatic heterocycles. The summed E-state index contributed by atoms with van der Waals surface area (Å²) >= 11 is 0. The van der Waals surface area contributed by atoms with Gasteiger partial charge in [0.25, 0.3) is 0 Å². The molecule has 4 nitrogen and oxygen atoms in total. The molecule has 0 saturated carbocycles. The van der Waals surface area contributed by atoms with Crippen LogP contribution >= 0.6 is 0 Å². The summed E-state index contributed by atoms with van der Waals surface area (Å²) in [4.78, 5) is 8.57. The van der Waals surface area contributed by atoms with Gasteiger partial charge >= 0.3 is 0 Å². The van der Waals surface area contributed by atoms with Gasteiger partial charge in [0.15, 0.2) is 0 Å². The van der Waals surface area contributed by atoms with Gasteiger partial charge in [0, 0.05) is 31.9 Å². The maximum Gasteiger partial charge on any atom is 0.132 e. The Balaban J connectivity index is 1.73. The van der Waals surface area contributed by atoms with E-state index in [9.17, 15) is 4.39 Å². The van der Waals surface area contributed by atoms with Gasteiger partial charge in [-0.15, -0.1) is 0 Å². The van der Waals surface area contributed by atoms with Crippen molar-refractivity contribution in [1.82, 2.24) is 15.3 Å². The number of aromatic nitrogens is 2. The lowest BCUT2D eigenvalue weighted by Gasteiger charge is -2.24. The van der Waals surface area contributed by atoms with Gasteiger partial charge in [-0.3, -0.25) is 0 Å². The Morgan fingerprint density at radius 3 is 2.77 bits per heavy atom. The molecule has 1 N–H and O–H groups in total. The minimum atomic E-state index is -0.227. The highest BCUT2D eigenvalue weighted by molar-refractivity contribution is 5.28. The van der Waals surface area contributed by atoms with Crippen molar-refractivity contribution < 1.29 is 9.13 Å². The number of hydrogen-bond acceptors (Lipinski definition) is 4. The van der Waals surface area contributed by atoms with Crippen LogP contribution in [-0.4, -0.2) is 29.7 Å². The summed E-state index contributed by atoms with van der Waals surface area (Å²) in [6.45, 7) is 4.28. The first-order chi connectivity index (χ1) is 10.8. The van der Waals surface area contributed by atoms with Crippen molar-refractivity contribution in [3.8, 4) is 0 Å². The van der Waals surface area contributed by atoms with E-state index in [1.54, 1.807) is 24.5 Å². The molecule has 5 heteroatoms. The average molecular weight is 301 g/mol. The van der Waals surface area contributed by atoms with Gasteiger partial charge in [0.05, 0.1) is 12.7 Å². The Morgan fingerprint density at radius 2 is 2.14 bits per heavy atom. The van der Waals surface area contributed by atoms with Crippen LogP contribution in [-0.2, 0) is 17.6 Å². The molecule has 1 fully saturated rings. The average Bonchev–Trinajstić information content (AvgIpc) is 2.58. The van der Waals surface area contributed by atoms with Crippen LogP contribution in [0.5, 0.6) is 0 Å². The van der Waals surface area contributed by atoms with Crippen molar-refractivity contribution in [3.63, 3.8) is 0 Å². The lowest BCUT2D eigenvalue weighted by molar-refractivity contribution is 0.0275. The number of nitrogens with one attached hydrogen (secondary N) is 1. The summed E-state index contributed by atoms with van der Waals surface area (Å²) in [7, 11) is 0. The zero-order valence-electron chi connectivity index (χ0n) is 12.7. The Hall–Kier alpha value is -1.85. The molecule has 116 valence electrons. The maximum absolute atomic E-state index is 14.3. The first-order valence-electron chi connectivity index (χ1n) is 7.66. The van der Waals surface area contributed by atoms with Gasteiger partial charge in [0.2, 0.25) is 0 Å². The number of ether oxygens (including phenoxy) is 1. The molecule has 2 heterocycles. The molecule has 0 bridgehead atoms. The standard InChI is InChI=1S/C17H20FN3O/c1-2-12-9-20-17(21-10-12)8-13-3-4-14(7-15(13)18)16-11-19-5-6-22-16/h3-4,7,9-10,16,19H,2,5-6,8,11H2,1H3/t16-/m0/s1. The van der Waals surface area contributed by atoms with E-state index in [2.05, 4.69) is 22.2 Å². The number of nitrogens with zero attached hydrogens (tertiary/aromatic N) is 2. The summed E-state index contributed by atoms with van der Waals surface area (Å²) in [5.74, 6) is 0.411. The number of rotatable bonds is 4. The third kappa shape index (κ3) is 3.48. The van der Waals surface area contributed by atoms with Crippen LogP contribution in [0, 0.1) is 5.82 Å². The first kappa shape index (κ1) is 15.1. The Morgan fingerprint density at radius 1 is 1.32 bits per heavy atom. The third-order valence-corrected chi connectivity index (χ3v) is 3.89. The Kier molecular flexibility index (Phi) is 4.75. The molecule has 22 heavy (non-hydrogen) atoms. The van der Waals surface area contributed by atoms with Crippen molar-refractivity contribution in [1.29, 1.82) is 0 Å². The highest BCUT2D eigenvalue weighted by Gasteiger charge is 2.17. The van der Waals surface area contributed by atoms with E-state index in [1.807, 2.05) is 6.07 Å². The zero-order valence-corrected chi connectivity index (χ0v) is 12.7. The number of benzene rings is 1. The van der Waals surface area contributed by atoms with E-state index >= 15 is 0 Å². The van der Waals surface area contributed by atoms with Crippen molar-refractivity contribution in [3.05, 3.63) is 58.9 Å². The third-order valence-electron chi connectivity index (χ3n) is 3.89. The van der Waals surface area contributed by atoms with Crippen molar-refractivity contribution >= 4 is 0 Å². The molecular weight excluding hydrogens is 281 g/mol. The topological polar surface area (TPSA) is 47.0 Å². The number of hydrogen-bond donors (Lipinski definition) is 1. The van der Waals surface area contributed by atoms with Crippen LogP contribution in [0.4, 0.5) is 4.39 Å². The lowest BCUT2D eigenvalue weighted by atomic mass is 10.0. The van der Waals surface area contributed by atoms with E-state index in [0.717, 1.165) is 30.6 Å². The molecule has 0 spiro atoms. The van der Waals surface area contributed by atoms with Crippen molar-refractivity contribution in [2.24, 2.45) is 0 Å². The number of aryl methyl sites for hydroxylation is 1. The second-order valence-electron chi connectivity index (χ2n) is 5.45. The van der Waals surface area contributed by atoms with Gasteiger partial charge in [0.1, 0.15) is 11.6 Å². The predicted molar refractivity (Wildman–Crippen MR) is 82.2 cm³/mol. The van der Waals surface area contributed by atoms with Crippen LogP contribution in [0.25, 0.3) is 0 Å². The van der Waals surface area contributed by atoms with Gasteiger partial charge in [-0.05, 0) is 29.2 Å². The van der Waals surface area contributed by atoms with Crippen LogP contribution in [0.1, 0.15) is 35.5 Å². The first-order valence-corrected chi connectivity index (χ1v) is 7.66. The summed E-state index contributed by atoms with van der Waals surface area (Å²) in [5, 5.41) is 3.25. The van der Waals surface area contributed by atoms with Gasteiger partial charge in [-0.25, -0.2) is 14.4 Å². The molecule has 2 aromatic rings. The fourth-order valence-electron chi connectivity index (χ4n) is 2.51. The van der Waals surface area contributed by atoms with E-state index in [0.29, 0.717) is 24.4 Å². The molecule has 1 saturated heterocycles. The molecule has 0 amide bonds. The number of morpholine rings is 1. The molecule has 0 radical (unpaired) electrons. The van der Waals surface area contributed by atoms with Crippen LogP contribution < -0.4 is 5.32 Å². The lowest BCUT2D eigenvalue weighted by Crippen LogP contribution is -2.33. The molecular formula is C17H20FN3O. The molecule has 0 aliphatic carbocycles. The smallest absolute Gasteiger partial charge is 0.132 e. The summed E-state index contributed by atoms with van der Waals surface area (Å²) in [5.41, 5.74) is 2.56. The molecule has 1 aromatic carbocycles. The number of halogens is 1. The highest BCUT2D eigenvalue weighted by atomic mass is 19.1. The van der Waals surface area contributed by atoms with E-state index in [4.69, 9.17) is 4.74 Å². The minimum Gasteiger partial charge on any atom is -0.371 e. The van der Waals surface area contributed by atoms with Gasteiger partial charge < -0.3 is 10.1 Å². The summed E-state index contributed by atoms with van der Waals surface area (Å²) in [6.07, 6.45) is 4.84. The summed E-state index contributed by atoms with van der Waals surface area (Å²) < 4.78 is 20.0. The second-order valence-corrected chi connectivity index (χ2v) is 5.45. The predicted octanol–water partition coefficient (Wildman–Crippen LogP) is 2.43. The SMILES string of the molecule is CCc1cnc(Cc2ccc([C@@H]3CNCCO3)cc2F)nc1. The maximum atomic E-state index is 14.3.